The molecule has 0 aromatic carbocycles. The number of imidazole rings is 1. The predicted molar refractivity (Wildman–Crippen MR) is 67.7 cm³/mol. The second kappa shape index (κ2) is 4.44. The quantitative estimate of drug-likeness (QED) is 0.780. The van der Waals surface area contributed by atoms with Crippen molar-refractivity contribution in [2.75, 3.05) is 6.61 Å². The fourth-order valence-corrected chi connectivity index (χ4v) is 2.44. The molecule has 3 rings (SSSR count). The molecule has 94 valence electrons. The van der Waals surface area contributed by atoms with E-state index in [1.165, 1.54) is 6.42 Å². The van der Waals surface area contributed by atoms with Gasteiger partial charge in [0.25, 0.3) is 0 Å². The molecule has 0 saturated heterocycles. The maximum atomic E-state index is 12.0. The highest BCUT2D eigenvalue weighted by molar-refractivity contribution is 5.90. The van der Waals surface area contributed by atoms with Gasteiger partial charge >= 0.3 is 5.97 Å². The zero-order valence-electron chi connectivity index (χ0n) is 10.4. The number of nitrogens with zero attached hydrogens (tertiary/aromatic N) is 2. The number of fused-ring (bicyclic) bond motifs is 1. The molecule has 0 N–H and O–H groups in total. The van der Waals surface area contributed by atoms with Crippen LogP contribution in [-0.2, 0) is 4.74 Å². The number of pyridine rings is 1. The number of aromatic nitrogens is 2. The summed E-state index contributed by atoms with van der Waals surface area (Å²) in [5.41, 5.74) is 2.34. The molecule has 4 heteroatoms. The molecule has 2 heterocycles. The molecule has 18 heavy (non-hydrogen) atoms. The average Bonchev–Trinajstić information content (AvgIpc) is 2.67. The van der Waals surface area contributed by atoms with E-state index in [-0.39, 0.29) is 5.97 Å². The molecule has 0 spiro atoms. The lowest BCUT2D eigenvalue weighted by atomic mass is 9.82. The van der Waals surface area contributed by atoms with Gasteiger partial charge in [-0.05, 0) is 31.9 Å². The van der Waals surface area contributed by atoms with E-state index in [0.717, 1.165) is 24.2 Å². The largest absolute Gasteiger partial charge is 0.461 e. The lowest BCUT2D eigenvalue weighted by molar-refractivity contribution is 0.0517. The lowest BCUT2D eigenvalue weighted by Crippen LogP contribution is -2.16. The first-order chi connectivity index (χ1) is 8.81. The summed E-state index contributed by atoms with van der Waals surface area (Å²) < 4.78 is 7.13. The minimum atomic E-state index is -0.303. The topological polar surface area (TPSA) is 43.6 Å². The minimum Gasteiger partial charge on any atom is -0.461 e. The van der Waals surface area contributed by atoms with Gasteiger partial charge in [0.1, 0.15) is 5.65 Å². The summed E-state index contributed by atoms with van der Waals surface area (Å²) in [6, 6.07) is 5.82. The van der Waals surface area contributed by atoms with E-state index in [2.05, 4.69) is 4.98 Å². The highest BCUT2D eigenvalue weighted by atomic mass is 16.5. The monoisotopic (exact) mass is 244 g/mol. The smallest absolute Gasteiger partial charge is 0.358 e. The Morgan fingerprint density at radius 3 is 3.00 bits per heavy atom. The molecule has 0 bridgehead atoms. The standard InChI is InChI=1S/C14H16N2O2/c1-2-18-14(17)12-13(10-6-5-7-10)16-9-4-3-8-11(16)15-12/h3-4,8-10H,2,5-7H2,1H3. The maximum absolute atomic E-state index is 12.0. The second-order valence-electron chi connectivity index (χ2n) is 4.62. The molecule has 0 atom stereocenters. The van der Waals surface area contributed by atoms with Crippen molar-refractivity contribution in [1.29, 1.82) is 0 Å². The van der Waals surface area contributed by atoms with Gasteiger partial charge in [0.15, 0.2) is 5.69 Å². The van der Waals surface area contributed by atoms with Gasteiger partial charge in [0.05, 0.1) is 12.3 Å². The second-order valence-corrected chi connectivity index (χ2v) is 4.62. The van der Waals surface area contributed by atoms with E-state index in [0.29, 0.717) is 18.2 Å². The molecular formula is C14H16N2O2. The molecule has 0 radical (unpaired) electrons. The van der Waals surface area contributed by atoms with Gasteiger partial charge in [0, 0.05) is 12.1 Å². The van der Waals surface area contributed by atoms with Crippen molar-refractivity contribution in [2.24, 2.45) is 0 Å². The summed E-state index contributed by atoms with van der Waals surface area (Å²) in [5, 5.41) is 0. The Morgan fingerprint density at radius 2 is 2.33 bits per heavy atom. The number of carbonyl (C=O) groups excluding carboxylic acids is 1. The third-order valence-corrected chi connectivity index (χ3v) is 3.53. The molecule has 2 aromatic rings. The summed E-state index contributed by atoms with van der Waals surface area (Å²) in [6.45, 7) is 2.20. The first-order valence-electron chi connectivity index (χ1n) is 6.45. The van der Waals surface area contributed by atoms with E-state index in [1.54, 1.807) is 0 Å². The number of hydrogen-bond donors (Lipinski definition) is 0. The average molecular weight is 244 g/mol. The van der Waals surface area contributed by atoms with Crippen molar-refractivity contribution in [3.63, 3.8) is 0 Å². The van der Waals surface area contributed by atoms with Crippen molar-refractivity contribution in [3.8, 4) is 0 Å². The van der Waals surface area contributed by atoms with Crippen LogP contribution in [0.3, 0.4) is 0 Å². The van der Waals surface area contributed by atoms with Crippen LogP contribution in [0.1, 0.15) is 48.3 Å². The van der Waals surface area contributed by atoms with Gasteiger partial charge in [-0.15, -0.1) is 0 Å². The molecule has 1 saturated carbocycles. The Morgan fingerprint density at radius 1 is 1.50 bits per heavy atom. The Kier molecular flexibility index (Phi) is 2.78. The number of esters is 1. The Labute approximate surface area is 106 Å². The number of hydrogen-bond acceptors (Lipinski definition) is 3. The zero-order chi connectivity index (χ0) is 12.5. The lowest BCUT2D eigenvalue weighted by Gasteiger charge is -2.25. The van der Waals surface area contributed by atoms with Crippen molar-refractivity contribution < 1.29 is 9.53 Å². The summed E-state index contributed by atoms with van der Waals surface area (Å²) in [5.74, 6) is 0.143. The van der Waals surface area contributed by atoms with Gasteiger partial charge in [-0.25, -0.2) is 9.78 Å². The molecule has 0 amide bonds. The molecule has 2 aromatic heterocycles. The van der Waals surface area contributed by atoms with Gasteiger partial charge in [-0.2, -0.15) is 0 Å². The number of carbonyl (C=O) groups is 1. The van der Waals surface area contributed by atoms with Gasteiger partial charge < -0.3 is 9.14 Å². The first-order valence-corrected chi connectivity index (χ1v) is 6.45. The third kappa shape index (κ3) is 1.68. The minimum absolute atomic E-state index is 0.303. The van der Waals surface area contributed by atoms with Crippen molar-refractivity contribution in [1.82, 2.24) is 9.38 Å². The molecule has 4 nitrogen and oxygen atoms in total. The van der Waals surface area contributed by atoms with E-state index in [4.69, 9.17) is 4.74 Å². The molecule has 0 aliphatic heterocycles. The van der Waals surface area contributed by atoms with Crippen LogP contribution in [0.2, 0.25) is 0 Å². The summed E-state index contributed by atoms with van der Waals surface area (Å²) in [6.07, 6.45) is 5.47. The molecule has 1 aliphatic rings. The third-order valence-electron chi connectivity index (χ3n) is 3.53. The zero-order valence-corrected chi connectivity index (χ0v) is 10.4. The molecule has 1 fully saturated rings. The van der Waals surface area contributed by atoms with E-state index in [9.17, 15) is 4.79 Å². The van der Waals surface area contributed by atoms with Gasteiger partial charge in [-0.3, -0.25) is 0 Å². The van der Waals surface area contributed by atoms with Crippen LogP contribution in [0, 0.1) is 0 Å². The summed E-state index contributed by atoms with van der Waals surface area (Å²) in [7, 11) is 0. The van der Waals surface area contributed by atoms with E-state index < -0.39 is 0 Å². The van der Waals surface area contributed by atoms with Crippen LogP contribution in [0.25, 0.3) is 5.65 Å². The van der Waals surface area contributed by atoms with Crippen molar-refractivity contribution >= 4 is 11.6 Å². The van der Waals surface area contributed by atoms with Crippen molar-refractivity contribution in [2.45, 2.75) is 32.1 Å². The SMILES string of the molecule is CCOC(=O)c1nc2ccccn2c1C1CCC1. The maximum Gasteiger partial charge on any atom is 0.358 e. The fourth-order valence-electron chi connectivity index (χ4n) is 2.44. The van der Waals surface area contributed by atoms with Crippen LogP contribution >= 0.6 is 0 Å². The van der Waals surface area contributed by atoms with Gasteiger partial charge in [0.2, 0.25) is 0 Å². The predicted octanol–water partition coefficient (Wildman–Crippen LogP) is 2.78. The van der Waals surface area contributed by atoms with Crippen LogP contribution in [0.15, 0.2) is 24.4 Å². The Balaban J connectivity index is 2.13. The normalized spacial score (nSPS) is 15.6. The molecule has 0 unspecified atom stereocenters. The van der Waals surface area contributed by atoms with Gasteiger partial charge in [-0.1, -0.05) is 12.5 Å². The van der Waals surface area contributed by atoms with E-state index in [1.807, 2.05) is 35.7 Å². The molecular weight excluding hydrogens is 228 g/mol. The number of rotatable bonds is 3. The number of ether oxygens (including phenoxy) is 1. The van der Waals surface area contributed by atoms with Crippen LogP contribution in [0.5, 0.6) is 0 Å². The first kappa shape index (κ1) is 11.3. The Bertz CT molecular complexity index is 584. The fraction of sp³-hybridized carbons (Fsp3) is 0.429. The Hall–Kier alpha value is -1.84. The van der Waals surface area contributed by atoms with Crippen LogP contribution in [-0.4, -0.2) is 22.0 Å². The highest BCUT2D eigenvalue weighted by Crippen LogP contribution is 2.38. The van der Waals surface area contributed by atoms with Crippen LogP contribution < -0.4 is 0 Å². The van der Waals surface area contributed by atoms with Crippen molar-refractivity contribution in [3.05, 3.63) is 35.8 Å². The van der Waals surface area contributed by atoms with Crippen LogP contribution in [0.4, 0.5) is 0 Å². The summed E-state index contributed by atoms with van der Waals surface area (Å²) >= 11 is 0. The summed E-state index contributed by atoms with van der Waals surface area (Å²) in [4.78, 5) is 16.4. The highest BCUT2D eigenvalue weighted by Gasteiger charge is 2.29. The molecule has 1 aliphatic carbocycles. The van der Waals surface area contributed by atoms with E-state index >= 15 is 0 Å².